The highest BCUT2D eigenvalue weighted by Crippen LogP contribution is 2.24. The number of rotatable bonds is 4. The molecule has 0 saturated carbocycles. The van der Waals surface area contributed by atoms with Crippen LogP contribution in [0.1, 0.15) is 26.6 Å². The summed E-state index contributed by atoms with van der Waals surface area (Å²) in [5.41, 5.74) is 1.90. The minimum atomic E-state index is -0.212. The molecule has 3 N–H and O–H groups in total. The van der Waals surface area contributed by atoms with E-state index in [-0.39, 0.29) is 17.1 Å². The van der Waals surface area contributed by atoms with E-state index in [9.17, 15) is 4.79 Å². The molecule has 24 heavy (non-hydrogen) atoms. The normalized spacial score (nSPS) is 11.8. The summed E-state index contributed by atoms with van der Waals surface area (Å²) in [6.45, 7) is 6.01. The third-order valence-electron chi connectivity index (χ3n) is 3.23. The summed E-state index contributed by atoms with van der Waals surface area (Å²) in [4.78, 5) is 12.2. The fourth-order valence-corrected chi connectivity index (χ4v) is 3.32. The van der Waals surface area contributed by atoms with Gasteiger partial charge in [0, 0.05) is 5.41 Å². The zero-order chi connectivity index (χ0) is 17.3. The second kappa shape index (κ2) is 6.36. The van der Waals surface area contributed by atoms with E-state index >= 15 is 0 Å². The predicted octanol–water partition coefficient (Wildman–Crippen LogP) is 2.02. The molecule has 3 aromatic rings. The number of nitrogens with zero attached hydrogens (tertiary/aromatic N) is 5. The van der Waals surface area contributed by atoms with E-state index in [1.807, 2.05) is 32.9 Å². The van der Waals surface area contributed by atoms with E-state index in [2.05, 4.69) is 24.3 Å². The Kier molecular flexibility index (Phi) is 4.41. The number of thioether (sulfide) groups is 1. The van der Waals surface area contributed by atoms with E-state index in [0.717, 1.165) is 17.2 Å². The lowest BCUT2D eigenvalue weighted by molar-refractivity contribution is -0.113. The standard InChI is InChI=1S/C14H17N7OS2/c1-14(2,3)12-17-18-13(21(12)15)23-7-10(22)16-8-5-4-6-9-11(8)20-24-19-9/h4-6H,7,15H2,1-3H3,(H,16,22). The maximum absolute atomic E-state index is 12.2. The largest absolute Gasteiger partial charge is 0.336 e. The van der Waals surface area contributed by atoms with Crippen LogP contribution in [0.4, 0.5) is 5.69 Å². The maximum Gasteiger partial charge on any atom is 0.234 e. The summed E-state index contributed by atoms with van der Waals surface area (Å²) in [6.07, 6.45) is 0. The Labute approximate surface area is 147 Å². The van der Waals surface area contributed by atoms with Gasteiger partial charge in [-0.3, -0.25) is 4.79 Å². The lowest BCUT2D eigenvalue weighted by Crippen LogP contribution is -2.24. The van der Waals surface area contributed by atoms with Crippen molar-refractivity contribution in [3.05, 3.63) is 24.0 Å². The molecule has 0 saturated heterocycles. The van der Waals surface area contributed by atoms with Gasteiger partial charge in [-0.25, -0.2) is 4.68 Å². The van der Waals surface area contributed by atoms with Crippen LogP contribution in [0.25, 0.3) is 11.0 Å². The maximum atomic E-state index is 12.2. The van der Waals surface area contributed by atoms with E-state index in [0.29, 0.717) is 22.2 Å². The number of hydrogen-bond acceptors (Lipinski definition) is 8. The Hall–Kier alpha value is -2.20. The first-order chi connectivity index (χ1) is 11.4. The van der Waals surface area contributed by atoms with E-state index < -0.39 is 0 Å². The van der Waals surface area contributed by atoms with Crippen LogP contribution in [0.5, 0.6) is 0 Å². The van der Waals surface area contributed by atoms with Gasteiger partial charge in [0.2, 0.25) is 11.1 Å². The first-order valence-electron chi connectivity index (χ1n) is 7.21. The monoisotopic (exact) mass is 363 g/mol. The Morgan fingerprint density at radius 1 is 1.33 bits per heavy atom. The van der Waals surface area contributed by atoms with E-state index in [1.54, 1.807) is 6.07 Å². The van der Waals surface area contributed by atoms with Crippen molar-refractivity contribution in [1.29, 1.82) is 0 Å². The molecule has 0 aliphatic heterocycles. The number of nitrogen functional groups attached to an aromatic ring is 1. The minimum absolute atomic E-state index is 0.166. The van der Waals surface area contributed by atoms with Crippen molar-refractivity contribution in [1.82, 2.24) is 23.6 Å². The average Bonchev–Trinajstić information content (AvgIpc) is 3.11. The molecule has 0 radical (unpaired) electrons. The summed E-state index contributed by atoms with van der Waals surface area (Å²) < 4.78 is 9.78. The number of hydrogen-bond donors (Lipinski definition) is 2. The van der Waals surface area contributed by atoms with Gasteiger partial charge in [-0.15, -0.1) is 10.2 Å². The number of amides is 1. The van der Waals surface area contributed by atoms with Gasteiger partial charge in [0.15, 0.2) is 5.82 Å². The average molecular weight is 363 g/mol. The summed E-state index contributed by atoms with van der Waals surface area (Å²) in [7, 11) is 0. The highest BCUT2D eigenvalue weighted by atomic mass is 32.2. The number of nitrogens with two attached hydrogens (primary N) is 1. The highest BCUT2D eigenvalue weighted by molar-refractivity contribution is 7.99. The molecule has 2 aromatic heterocycles. The van der Waals surface area contributed by atoms with Crippen LogP contribution in [0.15, 0.2) is 23.4 Å². The van der Waals surface area contributed by atoms with Gasteiger partial charge in [0.1, 0.15) is 11.0 Å². The molecule has 0 fully saturated rings. The molecule has 0 bridgehead atoms. The molecule has 3 rings (SSSR count). The Morgan fingerprint density at radius 2 is 2.12 bits per heavy atom. The van der Waals surface area contributed by atoms with Crippen LogP contribution in [0, 0.1) is 0 Å². The van der Waals surface area contributed by atoms with Crippen LogP contribution in [-0.2, 0) is 10.2 Å². The zero-order valence-electron chi connectivity index (χ0n) is 13.5. The van der Waals surface area contributed by atoms with Gasteiger partial charge >= 0.3 is 0 Å². The number of aromatic nitrogens is 5. The summed E-state index contributed by atoms with van der Waals surface area (Å²) in [6, 6.07) is 5.49. The summed E-state index contributed by atoms with van der Waals surface area (Å²) >= 11 is 2.35. The van der Waals surface area contributed by atoms with Crippen molar-refractivity contribution in [2.75, 3.05) is 16.9 Å². The second-order valence-corrected chi connectivity index (χ2v) is 7.67. The molecule has 0 spiro atoms. The van der Waals surface area contributed by atoms with Crippen LogP contribution in [0.3, 0.4) is 0 Å². The number of carbonyl (C=O) groups is 1. The Bertz CT molecular complexity index is 881. The molecular weight excluding hydrogens is 346 g/mol. The third kappa shape index (κ3) is 3.34. The third-order valence-corrected chi connectivity index (χ3v) is 4.71. The van der Waals surface area contributed by atoms with Crippen LogP contribution >= 0.6 is 23.5 Å². The predicted molar refractivity (Wildman–Crippen MR) is 95.6 cm³/mol. The van der Waals surface area contributed by atoms with Gasteiger partial charge < -0.3 is 11.2 Å². The van der Waals surface area contributed by atoms with Gasteiger partial charge in [0.05, 0.1) is 23.2 Å². The molecule has 0 aliphatic rings. The molecule has 8 nitrogen and oxygen atoms in total. The summed E-state index contributed by atoms with van der Waals surface area (Å²) in [5.74, 6) is 6.69. The molecule has 1 aromatic carbocycles. The fourth-order valence-electron chi connectivity index (χ4n) is 2.11. The van der Waals surface area contributed by atoms with E-state index in [4.69, 9.17) is 5.84 Å². The van der Waals surface area contributed by atoms with E-state index in [1.165, 1.54) is 16.4 Å². The van der Waals surface area contributed by atoms with Crippen LogP contribution in [0.2, 0.25) is 0 Å². The first-order valence-corrected chi connectivity index (χ1v) is 8.93. The molecule has 2 heterocycles. The quantitative estimate of drug-likeness (QED) is 0.539. The Morgan fingerprint density at radius 3 is 2.83 bits per heavy atom. The van der Waals surface area contributed by atoms with Gasteiger partial charge in [0.25, 0.3) is 0 Å². The summed E-state index contributed by atoms with van der Waals surface area (Å²) in [5, 5.41) is 11.5. The smallest absolute Gasteiger partial charge is 0.234 e. The minimum Gasteiger partial charge on any atom is -0.336 e. The lowest BCUT2D eigenvalue weighted by atomic mass is 9.96. The lowest BCUT2D eigenvalue weighted by Gasteiger charge is -2.16. The first kappa shape index (κ1) is 16.7. The molecule has 0 atom stereocenters. The zero-order valence-corrected chi connectivity index (χ0v) is 15.1. The van der Waals surface area contributed by atoms with Crippen molar-refractivity contribution in [3.63, 3.8) is 0 Å². The SMILES string of the molecule is CC(C)(C)c1nnc(SCC(=O)Nc2cccc3nsnc23)n1N. The molecule has 126 valence electrons. The molecule has 0 unspecified atom stereocenters. The molecular formula is C14H17N7OS2. The van der Waals surface area contributed by atoms with Crippen LogP contribution < -0.4 is 11.2 Å². The van der Waals surface area contributed by atoms with Crippen molar-refractivity contribution in [2.45, 2.75) is 31.3 Å². The number of fused-ring (bicyclic) bond motifs is 1. The number of nitrogens with one attached hydrogen (secondary N) is 1. The fraction of sp³-hybridized carbons (Fsp3) is 0.357. The molecule has 0 aliphatic carbocycles. The van der Waals surface area contributed by atoms with Gasteiger partial charge in [-0.1, -0.05) is 38.6 Å². The van der Waals surface area contributed by atoms with Gasteiger partial charge in [-0.2, -0.15) is 8.75 Å². The van der Waals surface area contributed by atoms with Gasteiger partial charge in [-0.05, 0) is 12.1 Å². The van der Waals surface area contributed by atoms with Crippen molar-refractivity contribution in [3.8, 4) is 0 Å². The van der Waals surface area contributed by atoms with Crippen molar-refractivity contribution in [2.24, 2.45) is 0 Å². The van der Waals surface area contributed by atoms with Crippen molar-refractivity contribution < 1.29 is 4.79 Å². The van der Waals surface area contributed by atoms with Crippen molar-refractivity contribution >= 4 is 46.1 Å². The number of carbonyl (C=O) groups excluding carboxylic acids is 1. The highest BCUT2D eigenvalue weighted by Gasteiger charge is 2.23. The second-order valence-electron chi connectivity index (χ2n) is 6.20. The Balaban J connectivity index is 1.66. The number of benzene rings is 1. The molecule has 10 heteroatoms. The molecule has 1 amide bonds. The number of anilines is 1. The van der Waals surface area contributed by atoms with Crippen LogP contribution in [-0.4, -0.2) is 35.3 Å². The topological polar surface area (TPSA) is 112 Å².